The lowest BCUT2D eigenvalue weighted by Gasteiger charge is -2.19. The van der Waals surface area contributed by atoms with Gasteiger partial charge < -0.3 is 4.74 Å². The minimum atomic E-state index is -0.339. The highest BCUT2D eigenvalue weighted by Crippen LogP contribution is 2.28. The minimum Gasteiger partial charge on any atom is -0.454 e. The standard InChI is InChI=1S/C23H24FNO/c1-23(2,3)19-9-11-20(12-10-19)26-22-13-8-17(15-21(22)24)6-7-18-5-4-14-25-16-18/h4-5,8-16H,6-7H2,1-3H3. The molecule has 0 amide bonds. The fourth-order valence-electron chi connectivity index (χ4n) is 2.77. The molecule has 134 valence electrons. The Kier molecular flexibility index (Phi) is 5.36. The van der Waals surface area contributed by atoms with Crippen molar-refractivity contribution in [3.8, 4) is 11.5 Å². The summed E-state index contributed by atoms with van der Waals surface area (Å²) >= 11 is 0. The summed E-state index contributed by atoms with van der Waals surface area (Å²) in [5, 5.41) is 0. The third kappa shape index (κ3) is 4.69. The molecule has 0 aliphatic rings. The first-order valence-electron chi connectivity index (χ1n) is 8.87. The van der Waals surface area contributed by atoms with Crippen molar-refractivity contribution in [2.45, 2.75) is 39.0 Å². The van der Waals surface area contributed by atoms with Crippen molar-refractivity contribution in [3.05, 3.63) is 89.5 Å². The lowest BCUT2D eigenvalue weighted by Crippen LogP contribution is -2.10. The number of nitrogens with zero attached hydrogens (tertiary/aromatic N) is 1. The van der Waals surface area contributed by atoms with Crippen LogP contribution < -0.4 is 4.74 Å². The van der Waals surface area contributed by atoms with Crippen molar-refractivity contribution in [2.24, 2.45) is 0 Å². The van der Waals surface area contributed by atoms with Crippen LogP contribution in [0.15, 0.2) is 67.0 Å². The van der Waals surface area contributed by atoms with Crippen LogP contribution in [0.25, 0.3) is 0 Å². The zero-order valence-electron chi connectivity index (χ0n) is 15.5. The predicted molar refractivity (Wildman–Crippen MR) is 103 cm³/mol. The van der Waals surface area contributed by atoms with Gasteiger partial charge in [0, 0.05) is 12.4 Å². The third-order valence-corrected chi connectivity index (χ3v) is 4.37. The lowest BCUT2D eigenvalue weighted by molar-refractivity contribution is 0.441. The fraction of sp³-hybridized carbons (Fsp3) is 0.261. The van der Waals surface area contributed by atoms with Crippen molar-refractivity contribution >= 4 is 0 Å². The Morgan fingerprint density at radius 1 is 0.923 bits per heavy atom. The molecule has 26 heavy (non-hydrogen) atoms. The molecule has 0 unspecified atom stereocenters. The van der Waals surface area contributed by atoms with Crippen LogP contribution in [-0.2, 0) is 18.3 Å². The van der Waals surface area contributed by atoms with Crippen LogP contribution in [0.1, 0.15) is 37.5 Å². The van der Waals surface area contributed by atoms with Gasteiger partial charge in [0.05, 0.1) is 0 Å². The summed E-state index contributed by atoms with van der Waals surface area (Å²) in [5.74, 6) is 0.548. The van der Waals surface area contributed by atoms with E-state index in [4.69, 9.17) is 4.74 Å². The highest BCUT2D eigenvalue weighted by atomic mass is 19.1. The molecular weight excluding hydrogens is 325 g/mol. The van der Waals surface area contributed by atoms with Gasteiger partial charge in [-0.15, -0.1) is 0 Å². The van der Waals surface area contributed by atoms with Crippen LogP contribution in [-0.4, -0.2) is 4.98 Å². The number of aryl methyl sites for hydroxylation is 2. The molecule has 0 aliphatic heterocycles. The first kappa shape index (κ1) is 18.1. The smallest absolute Gasteiger partial charge is 0.165 e. The predicted octanol–water partition coefficient (Wildman–Crippen LogP) is 6.10. The minimum absolute atomic E-state index is 0.0830. The van der Waals surface area contributed by atoms with E-state index in [1.165, 1.54) is 5.56 Å². The van der Waals surface area contributed by atoms with Crippen molar-refractivity contribution in [1.29, 1.82) is 0 Å². The van der Waals surface area contributed by atoms with Crippen LogP contribution in [0.4, 0.5) is 4.39 Å². The molecule has 1 heterocycles. The maximum Gasteiger partial charge on any atom is 0.165 e. The zero-order chi connectivity index (χ0) is 18.6. The molecule has 0 saturated carbocycles. The average Bonchev–Trinajstić information content (AvgIpc) is 2.62. The quantitative estimate of drug-likeness (QED) is 0.555. The van der Waals surface area contributed by atoms with Gasteiger partial charge in [-0.1, -0.05) is 45.0 Å². The molecule has 1 aromatic heterocycles. The number of aromatic nitrogens is 1. The maximum absolute atomic E-state index is 14.4. The van der Waals surface area contributed by atoms with Crippen LogP contribution in [0.2, 0.25) is 0 Å². The van der Waals surface area contributed by atoms with Gasteiger partial charge in [0.25, 0.3) is 0 Å². The molecule has 2 aromatic carbocycles. The molecular formula is C23H24FNO. The van der Waals surface area contributed by atoms with E-state index in [1.807, 2.05) is 48.7 Å². The molecule has 3 rings (SSSR count). The number of halogens is 1. The summed E-state index contributed by atoms with van der Waals surface area (Å²) in [7, 11) is 0. The SMILES string of the molecule is CC(C)(C)c1ccc(Oc2ccc(CCc3cccnc3)cc2F)cc1. The van der Waals surface area contributed by atoms with E-state index in [9.17, 15) is 4.39 Å². The normalized spacial score (nSPS) is 11.4. The van der Waals surface area contributed by atoms with E-state index in [0.717, 1.165) is 24.0 Å². The second-order valence-corrected chi connectivity index (χ2v) is 7.50. The van der Waals surface area contributed by atoms with Gasteiger partial charge in [-0.2, -0.15) is 0 Å². The molecule has 0 atom stereocenters. The summed E-state index contributed by atoms with van der Waals surface area (Å²) in [5.41, 5.74) is 3.39. The zero-order valence-corrected chi connectivity index (χ0v) is 15.5. The van der Waals surface area contributed by atoms with E-state index >= 15 is 0 Å². The molecule has 0 spiro atoms. The monoisotopic (exact) mass is 349 g/mol. The summed E-state index contributed by atoms with van der Waals surface area (Å²) in [6, 6.07) is 16.9. The van der Waals surface area contributed by atoms with Gasteiger partial charge in [0.1, 0.15) is 5.75 Å². The molecule has 0 radical (unpaired) electrons. The highest BCUT2D eigenvalue weighted by molar-refractivity contribution is 5.37. The molecule has 2 nitrogen and oxygen atoms in total. The number of hydrogen-bond donors (Lipinski definition) is 0. The number of pyridine rings is 1. The Morgan fingerprint density at radius 3 is 2.27 bits per heavy atom. The molecule has 0 saturated heterocycles. The van der Waals surface area contributed by atoms with E-state index in [0.29, 0.717) is 5.75 Å². The van der Waals surface area contributed by atoms with Crippen molar-refractivity contribution < 1.29 is 9.13 Å². The Bertz CT molecular complexity index is 852. The molecule has 3 heteroatoms. The third-order valence-electron chi connectivity index (χ3n) is 4.37. The highest BCUT2D eigenvalue weighted by Gasteiger charge is 2.13. The van der Waals surface area contributed by atoms with E-state index < -0.39 is 0 Å². The Labute approximate surface area is 154 Å². The first-order chi connectivity index (χ1) is 12.4. The number of rotatable bonds is 5. The van der Waals surface area contributed by atoms with Gasteiger partial charge in [-0.25, -0.2) is 4.39 Å². The number of hydrogen-bond acceptors (Lipinski definition) is 2. The van der Waals surface area contributed by atoms with E-state index in [1.54, 1.807) is 18.3 Å². The van der Waals surface area contributed by atoms with Gasteiger partial charge in [-0.3, -0.25) is 4.98 Å². The summed E-state index contributed by atoms with van der Waals surface area (Å²) in [4.78, 5) is 4.10. The van der Waals surface area contributed by atoms with E-state index in [2.05, 4.69) is 25.8 Å². The van der Waals surface area contributed by atoms with Gasteiger partial charge >= 0.3 is 0 Å². The molecule has 0 aliphatic carbocycles. The number of ether oxygens (including phenoxy) is 1. The Morgan fingerprint density at radius 2 is 1.65 bits per heavy atom. The summed E-state index contributed by atoms with van der Waals surface area (Å²) in [6.07, 6.45) is 5.20. The van der Waals surface area contributed by atoms with Gasteiger partial charge in [0.15, 0.2) is 11.6 Å². The molecule has 0 fully saturated rings. The summed E-state index contributed by atoms with van der Waals surface area (Å²) in [6.45, 7) is 6.48. The van der Waals surface area contributed by atoms with Crippen molar-refractivity contribution in [3.63, 3.8) is 0 Å². The van der Waals surface area contributed by atoms with E-state index in [-0.39, 0.29) is 17.0 Å². The summed E-state index contributed by atoms with van der Waals surface area (Å²) < 4.78 is 20.1. The topological polar surface area (TPSA) is 22.1 Å². The van der Waals surface area contributed by atoms with Crippen molar-refractivity contribution in [1.82, 2.24) is 4.98 Å². The van der Waals surface area contributed by atoms with Crippen LogP contribution in [0.5, 0.6) is 11.5 Å². The van der Waals surface area contributed by atoms with Crippen LogP contribution in [0, 0.1) is 5.82 Å². The molecule has 0 bridgehead atoms. The van der Waals surface area contributed by atoms with Crippen LogP contribution >= 0.6 is 0 Å². The Balaban J connectivity index is 1.66. The maximum atomic E-state index is 14.4. The van der Waals surface area contributed by atoms with Crippen molar-refractivity contribution in [2.75, 3.05) is 0 Å². The van der Waals surface area contributed by atoms with Gasteiger partial charge in [0.2, 0.25) is 0 Å². The second-order valence-electron chi connectivity index (χ2n) is 7.50. The lowest BCUT2D eigenvalue weighted by atomic mass is 9.87. The number of benzene rings is 2. The molecule has 0 N–H and O–H groups in total. The van der Waals surface area contributed by atoms with Crippen LogP contribution in [0.3, 0.4) is 0 Å². The molecule has 3 aromatic rings. The fourth-order valence-corrected chi connectivity index (χ4v) is 2.77. The van der Waals surface area contributed by atoms with Gasteiger partial charge in [-0.05, 0) is 65.3 Å². The first-order valence-corrected chi connectivity index (χ1v) is 8.87. The second kappa shape index (κ2) is 7.69. The largest absolute Gasteiger partial charge is 0.454 e. The average molecular weight is 349 g/mol. The Hall–Kier alpha value is -2.68.